The van der Waals surface area contributed by atoms with Crippen molar-refractivity contribution in [2.24, 2.45) is 0 Å². The highest BCUT2D eigenvalue weighted by atomic mass is 16.5. The summed E-state index contributed by atoms with van der Waals surface area (Å²) in [6.45, 7) is 4.74. The normalized spacial score (nSPS) is 14.9. The maximum atomic E-state index is 5.98. The SMILES string of the molecule is CCOc1ccc(C)cc1-c1ccc2nc(N)nc(NC3CCCCC3)c2c1. The van der Waals surface area contributed by atoms with Crippen molar-refractivity contribution in [1.82, 2.24) is 9.97 Å². The van der Waals surface area contributed by atoms with Crippen molar-refractivity contribution in [3.05, 3.63) is 42.0 Å². The molecule has 3 N–H and O–H groups in total. The van der Waals surface area contributed by atoms with Crippen molar-refractivity contribution in [2.75, 3.05) is 17.7 Å². The highest BCUT2D eigenvalue weighted by Crippen LogP contribution is 2.35. The Labute approximate surface area is 166 Å². The molecule has 1 aliphatic rings. The van der Waals surface area contributed by atoms with Gasteiger partial charge < -0.3 is 15.8 Å². The third-order valence-corrected chi connectivity index (χ3v) is 5.40. The highest BCUT2D eigenvalue weighted by molar-refractivity contribution is 5.94. The summed E-state index contributed by atoms with van der Waals surface area (Å²) in [5.41, 5.74) is 10.2. The molecular formula is C23H28N4O. The van der Waals surface area contributed by atoms with Crippen LogP contribution in [0.1, 0.15) is 44.6 Å². The van der Waals surface area contributed by atoms with Crippen LogP contribution in [0, 0.1) is 6.92 Å². The maximum Gasteiger partial charge on any atom is 0.222 e. The lowest BCUT2D eigenvalue weighted by atomic mass is 9.95. The molecular weight excluding hydrogens is 348 g/mol. The number of benzene rings is 2. The molecule has 0 radical (unpaired) electrons. The molecule has 2 aromatic carbocycles. The van der Waals surface area contributed by atoms with Crippen LogP contribution in [-0.4, -0.2) is 22.6 Å². The maximum absolute atomic E-state index is 5.98. The number of nitrogens with one attached hydrogen (secondary N) is 1. The topological polar surface area (TPSA) is 73.1 Å². The van der Waals surface area contributed by atoms with Crippen LogP contribution >= 0.6 is 0 Å². The largest absolute Gasteiger partial charge is 0.493 e. The predicted molar refractivity (Wildman–Crippen MR) is 116 cm³/mol. The van der Waals surface area contributed by atoms with Gasteiger partial charge in [-0.2, -0.15) is 4.98 Å². The lowest BCUT2D eigenvalue weighted by Gasteiger charge is -2.24. The first-order chi connectivity index (χ1) is 13.6. The number of fused-ring (bicyclic) bond motifs is 1. The summed E-state index contributed by atoms with van der Waals surface area (Å²) in [7, 11) is 0. The zero-order valence-electron chi connectivity index (χ0n) is 16.7. The van der Waals surface area contributed by atoms with Crippen molar-refractivity contribution in [1.29, 1.82) is 0 Å². The van der Waals surface area contributed by atoms with E-state index in [2.05, 4.69) is 46.5 Å². The van der Waals surface area contributed by atoms with Crippen LogP contribution in [0.3, 0.4) is 0 Å². The molecule has 0 spiro atoms. The molecule has 0 atom stereocenters. The van der Waals surface area contributed by atoms with Crippen LogP contribution in [0.2, 0.25) is 0 Å². The van der Waals surface area contributed by atoms with Crippen molar-refractivity contribution < 1.29 is 4.74 Å². The van der Waals surface area contributed by atoms with Crippen LogP contribution in [0.15, 0.2) is 36.4 Å². The molecule has 5 heteroatoms. The number of hydrogen-bond donors (Lipinski definition) is 2. The molecule has 28 heavy (non-hydrogen) atoms. The van der Waals surface area contributed by atoms with Crippen LogP contribution in [0.4, 0.5) is 11.8 Å². The van der Waals surface area contributed by atoms with Crippen molar-refractivity contribution in [3.8, 4) is 16.9 Å². The molecule has 0 unspecified atom stereocenters. The lowest BCUT2D eigenvalue weighted by Crippen LogP contribution is -2.23. The van der Waals surface area contributed by atoms with Gasteiger partial charge in [-0.1, -0.05) is 37.0 Å². The fourth-order valence-electron chi connectivity index (χ4n) is 4.02. The monoisotopic (exact) mass is 376 g/mol. The highest BCUT2D eigenvalue weighted by Gasteiger charge is 2.17. The van der Waals surface area contributed by atoms with E-state index in [1.807, 2.05) is 19.1 Å². The van der Waals surface area contributed by atoms with Crippen molar-refractivity contribution in [3.63, 3.8) is 0 Å². The first-order valence-electron chi connectivity index (χ1n) is 10.2. The molecule has 146 valence electrons. The molecule has 1 saturated carbocycles. The van der Waals surface area contributed by atoms with E-state index in [1.54, 1.807) is 0 Å². The van der Waals surface area contributed by atoms with E-state index in [-0.39, 0.29) is 0 Å². The van der Waals surface area contributed by atoms with E-state index >= 15 is 0 Å². The minimum absolute atomic E-state index is 0.309. The summed E-state index contributed by atoms with van der Waals surface area (Å²) < 4.78 is 5.86. The van der Waals surface area contributed by atoms with Gasteiger partial charge >= 0.3 is 0 Å². The quantitative estimate of drug-likeness (QED) is 0.629. The summed E-state index contributed by atoms with van der Waals surface area (Å²) in [5.74, 6) is 2.04. The van der Waals surface area contributed by atoms with Gasteiger partial charge in [0.05, 0.1) is 12.1 Å². The Morgan fingerprint density at radius 3 is 2.68 bits per heavy atom. The molecule has 0 amide bonds. The molecule has 5 nitrogen and oxygen atoms in total. The first kappa shape index (κ1) is 18.5. The Morgan fingerprint density at radius 2 is 1.89 bits per heavy atom. The minimum atomic E-state index is 0.309. The molecule has 1 fully saturated rings. The number of hydrogen-bond acceptors (Lipinski definition) is 5. The third kappa shape index (κ3) is 3.88. The second-order valence-corrected chi connectivity index (χ2v) is 7.57. The van der Waals surface area contributed by atoms with E-state index in [9.17, 15) is 0 Å². The van der Waals surface area contributed by atoms with Gasteiger partial charge in [-0.25, -0.2) is 4.98 Å². The summed E-state index contributed by atoms with van der Waals surface area (Å²) in [6, 6.07) is 13.0. The average molecular weight is 377 g/mol. The van der Waals surface area contributed by atoms with E-state index in [4.69, 9.17) is 10.5 Å². The Balaban J connectivity index is 1.79. The molecule has 0 aliphatic heterocycles. The Bertz CT molecular complexity index is 980. The van der Waals surface area contributed by atoms with Crippen LogP contribution < -0.4 is 15.8 Å². The number of nitrogens with two attached hydrogens (primary N) is 1. The zero-order chi connectivity index (χ0) is 19.5. The van der Waals surface area contributed by atoms with Crippen LogP contribution in [0.5, 0.6) is 5.75 Å². The molecule has 0 saturated heterocycles. The summed E-state index contributed by atoms with van der Waals surface area (Å²) >= 11 is 0. The van der Waals surface area contributed by atoms with E-state index in [0.717, 1.165) is 33.6 Å². The molecule has 1 heterocycles. The Morgan fingerprint density at radius 1 is 1.07 bits per heavy atom. The standard InChI is InChI=1S/C23H28N4O/c1-3-28-21-12-9-15(2)13-18(21)16-10-11-20-19(14-16)22(27-23(24)26-20)25-17-7-5-4-6-8-17/h9-14,17H,3-8H2,1-2H3,(H3,24,25,26,27). The van der Waals surface area contributed by atoms with E-state index < -0.39 is 0 Å². The summed E-state index contributed by atoms with van der Waals surface area (Å²) in [4.78, 5) is 8.97. The van der Waals surface area contributed by atoms with E-state index in [1.165, 1.54) is 37.7 Å². The number of aryl methyl sites for hydroxylation is 1. The Kier molecular flexibility index (Phi) is 5.33. The van der Waals surface area contributed by atoms with Crippen LogP contribution in [0.25, 0.3) is 22.0 Å². The first-order valence-corrected chi connectivity index (χ1v) is 10.2. The van der Waals surface area contributed by atoms with Gasteiger partial charge in [-0.05, 0) is 56.5 Å². The molecule has 4 rings (SSSR count). The lowest BCUT2D eigenvalue weighted by molar-refractivity contribution is 0.341. The molecule has 3 aromatic rings. The van der Waals surface area contributed by atoms with Crippen molar-refractivity contribution >= 4 is 22.7 Å². The van der Waals surface area contributed by atoms with Gasteiger partial charge in [0.2, 0.25) is 5.95 Å². The smallest absolute Gasteiger partial charge is 0.222 e. The third-order valence-electron chi connectivity index (χ3n) is 5.40. The molecule has 1 aromatic heterocycles. The predicted octanol–water partition coefficient (Wildman–Crippen LogP) is 5.33. The van der Waals surface area contributed by atoms with Crippen LogP contribution in [-0.2, 0) is 0 Å². The average Bonchev–Trinajstić information content (AvgIpc) is 2.70. The summed E-state index contributed by atoms with van der Waals surface area (Å²) in [5, 5.41) is 4.63. The number of nitrogens with zero attached hydrogens (tertiary/aromatic N) is 2. The van der Waals surface area contributed by atoms with Gasteiger partial charge in [-0.3, -0.25) is 0 Å². The van der Waals surface area contributed by atoms with Crippen molar-refractivity contribution in [2.45, 2.75) is 52.0 Å². The zero-order valence-corrected chi connectivity index (χ0v) is 16.7. The van der Waals surface area contributed by atoms with Gasteiger partial charge in [0, 0.05) is 17.0 Å². The van der Waals surface area contributed by atoms with E-state index in [0.29, 0.717) is 18.6 Å². The fourth-order valence-corrected chi connectivity index (χ4v) is 4.02. The van der Waals surface area contributed by atoms with Gasteiger partial charge in [0.15, 0.2) is 0 Å². The number of nitrogen functional groups attached to an aromatic ring is 1. The van der Waals surface area contributed by atoms with Gasteiger partial charge in [-0.15, -0.1) is 0 Å². The molecule has 0 bridgehead atoms. The number of ether oxygens (including phenoxy) is 1. The fraction of sp³-hybridized carbons (Fsp3) is 0.391. The second-order valence-electron chi connectivity index (χ2n) is 7.57. The van der Waals surface area contributed by atoms with Gasteiger partial charge in [0.1, 0.15) is 11.6 Å². The Hall–Kier alpha value is -2.82. The number of rotatable bonds is 5. The molecule has 1 aliphatic carbocycles. The second kappa shape index (κ2) is 8.05. The number of aromatic nitrogens is 2. The minimum Gasteiger partial charge on any atom is -0.493 e. The van der Waals surface area contributed by atoms with Gasteiger partial charge in [0.25, 0.3) is 0 Å². The number of anilines is 2. The summed E-state index contributed by atoms with van der Waals surface area (Å²) in [6.07, 6.45) is 6.21.